The Labute approximate surface area is 153 Å². The first-order chi connectivity index (χ1) is 12.5. The molecule has 0 bridgehead atoms. The van der Waals surface area contributed by atoms with Gasteiger partial charge in [-0.15, -0.1) is 0 Å². The van der Waals surface area contributed by atoms with Crippen LogP contribution in [0.1, 0.15) is 16.1 Å². The number of rotatable bonds is 5. The largest absolute Gasteiger partial charge is 0.346 e. The van der Waals surface area contributed by atoms with Crippen molar-refractivity contribution >= 4 is 23.2 Å². The second-order valence-corrected chi connectivity index (χ2v) is 5.89. The van der Waals surface area contributed by atoms with Crippen LogP contribution >= 0.6 is 11.6 Å². The highest BCUT2D eigenvalue weighted by Gasteiger charge is 2.16. The Morgan fingerprint density at radius 3 is 2.69 bits per heavy atom. The number of benzene rings is 1. The fourth-order valence-electron chi connectivity index (χ4n) is 2.47. The zero-order valence-electron chi connectivity index (χ0n) is 13.7. The molecule has 3 rings (SSSR count). The minimum atomic E-state index is -0.577. The molecule has 132 valence electrons. The van der Waals surface area contributed by atoms with E-state index in [1.54, 1.807) is 24.1 Å². The van der Waals surface area contributed by atoms with Gasteiger partial charge in [0.1, 0.15) is 0 Å². The Morgan fingerprint density at radius 2 is 2.00 bits per heavy atom. The van der Waals surface area contributed by atoms with Gasteiger partial charge in [0.05, 0.1) is 33.4 Å². The third-order valence-electron chi connectivity index (χ3n) is 3.74. The highest BCUT2D eigenvalue weighted by molar-refractivity contribution is 6.33. The van der Waals surface area contributed by atoms with E-state index in [1.165, 1.54) is 12.1 Å². The predicted molar refractivity (Wildman–Crippen MR) is 95.7 cm³/mol. The number of hydrogen-bond acceptors (Lipinski definition) is 5. The SMILES string of the molecule is Cn1nc(CNC(=O)c2cc([N+](=O)[O-])ccc2Cl)cc1-c1ccncc1. The quantitative estimate of drug-likeness (QED) is 0.548. The van der Waals surface area contributed by atoms with Crippen LogP contribution in [0.5, 0.6) is 0 Å². The van der Waals surface area contributed by atoms with E-state index in [2.05, 4.69) is 15.4 Å². The molecule has 0 radical (unpaired) electrons. The molecule has 3 aromatic rings. The Kier molecular flexibility index (Phi) is 4.94. The van der Waals surface area contributed by atoms with E-state index in [0.717, 1.165) is 17.3 Å². The van der Waals surface area contributed by atoms with E-state index in [1.807, 2.05) is 18.2 Å². The van der Waals surface area contributed by atoms with Crippen LogP contribution in [0.25, 0.3) is 11.3 Å². The summed E-state index contributed by atoms with van der Waals surface area (Å²) in [6, 6.07) is 9.31. The molecule has 0 unspecified atom stereocenters. The molecular formula is C17H14ClN5O3. The van der Waals surface area contributed by atoms with Crippen molar-refractivity contribution < 1.29 is 9.72 Å². The lowest BCUT2D eigenvalue weighted by Gasteiger charge is -2.05. The maximum atomic E-state index is 12.3. The number of aromatic nitrogens is 3. The molecule has 1 N–H and O–H groups in total. The first kappa shape index (κ1) is 17.6. The molecule has 0 spiro atoms. The van der Waals surface area contributed by atoms with Crippen molar-refractivity contribution in [3.8, 4) is 11.3 Å². The third-order valence-corrected chi connectivity index (χ3v) is 4.07. The topological polar surface area (TPSA) is 103 Å². The standard InChI is InChI=1S/C17H14ClN5O3/c1-22-16(11-4-6-19-7-5-11)8-12(21-22)10-20-17(24)14-9-13(23(25)26)2-3-15(14)18/h2-9H,10H2,1H3,(H,20,24). The van der Waals surface area contributed by atoms with Crippen molar-refractivity contribution in [3.63, 3.8) is 0 Å². The monoisotopic (exact) mass is 371 g/mol. The van der Waals surface area contributed by atoms with Gasteiger partial charge in [-0.3, -0.25) is 24.6 Å². The van der Waals surface area contributed by atoms with Crippen molar-refractivity contribution in [1.82, 2.24) is 20.1 Å². The fraction of sp³-hybridized carbons (Fsp3) is 0.118. The lowest BCUT2D eigenvalue weighted by Crippen LogP contribution is -2.23. The molecule has 0 saturated carbocycles. The number of nitro benzene ring substituents is 1. The van der Waals surface area contributed by atoms with Gasteiger partial charge < -0.3 is 5.32 Å². The Hall–Kier alpha value is -3.26. The Balaban J connectivity index is 1.75. The van der Waals surface area contributed by atoms with Crippen LogP contribution < -0.4 is 5.32 Å². The molecule has 9 heteroatoms. The minimum Gasteiger partial charge on any atom is -0.346 e. The summed E-state index contributed by atoms with van der Waals surface area (Å²) in [5.74, 6) is -0.505. The van der Waals surface area contributed by atoms with Gasteiger partial charge in [-0.05, 0) is 24.3 Å². The molecule has 1 aromatic carbocycles. The van der Waals surface area contributed by atoms with Gasteiger partial charge in [0.2, 0.25) is 0 Å². The molecule has 0 atom stereocenters. The lowest BCUT2D eigenvalue weighted by molar-refractivity contribution is -0.384. The van der Waals surface area contributed by atoms with Gasteiger partial charge in [0, 0.05) is 37.1 Å². The summed E-state index contributed by atoms with van der Waals surface area (Å²) in [6.07, 6.45) is 3.38. The smallest absolute Gasteiger partial charge is 0.270 e. The Bertz CT molecular complexity index is 972. The first-order valence-corrected chi connectivity index (χ1v) is 7.99. The number of carbonyl (C=O) groups excluding carboxylic acids is 1. The van der Waals surface area contributed by atoms with E-state index in [-0.39, 0.29) is 22.8 Å². The number of carbonyl (C=O) groups is 1. The maximum Gasteiger partial charge on any atom is 0.270 e. The number of non-ortho nitro benzene ring substituents is 1. The van der Waals surface area contributed by atoms with E-state index in [0.29, 0.717) is 5.69 Å². The van der Waals surface area contributed by atoms with Gasteiger partial charge in [0.15, 0.2) is 0 Å². The number of nitrogens with one attached hydrogen (secondary N) is 1. The van der Waals surface area contributed by atoms with Crippen LogP contribution in [0.4, 0.5) is 5.69 Å². The molecule has 0 saturated heterocycles. The molecule has 0 aliphatic heterocycles. The van der Waals surface area contributed by atoms with Crippen LogP contribution in [-0.2, 0) is 13.6 Å². The summed E-state index contributed by atoms with van der Waals surface area (Å²) in [4.78, 5) is 26.6. The van der Waals surface area contributed by atoms with E-state index < -0.39 is 10.8 Å². The van der Waals surface area contributed by atoms with Gasteiger partial charge in [-0.2, -0.15) is 5.10 Å². The summed E-state index contributed by atoms with van der Waals surface area (Å²) in [6.45, 7) is 0.163. The van der Waals surface area contributed by atoms with Gasteiger partial charge >= 0.3 is 0 Å². The zero-order chi connectivity index (χ0) is 18.7. The number of nitro groups is 1. The first-order valence-electron chi connectivity index (χ1n) is 7.61. The average Bonchev–Trinajstić information content (AvgIpc) is 3.01. The number of hydrogen-bond donors (Lipinski definition) is 1. The second-order valence-electron chi connectivity index (χ2n) is 5.48. The van der Waals surface area contributed by atoms with E-state index in [9.17, 15) is 14.9 Å². The molecule has 2 heterocycles. The van der Waals surface area contributed by atoms with Gasteiger partial charge in [-0.1, -0.05) is 11.6 Å². The summed E-state index contributed by atoms with van der Waals surface area (Å²) < 4.78 is 1.71. The molecule has 1 amide bonds. The number of amides is 1. The Morgan fingerprint density at radius 1 is 1.27 bits per heavy atom. The van der Waals surface area contributed by atoms with Crippen LogP contribution in [0.15, 0.2) is 48.8 Å². The van der Waals surface area contributed by atoms with Crippen LogP contribution in [0.3, 0.4) is 0 Å². The summed E-state index contributed by atoms with van der Waals surface area (Å²) in [5.41, 5.74) is 2.33. The maximum absolute atomic E-state index is 12.3. The van der Waals surface area contributed by atoms with E-state index >= 15 is 0 Å². The molecule has 0 aliphatic rings. The second kappa shape index (κ2) is 7.32. The highest BCUT2D eigenvalue weighted by Crippen LogP contribution is 2.22. The number of nitrogens with zero attached hydrogens (tertiary/aromatic N) is 4. The van der Waals surface area contributed by atoms with E-state index in [4.69, 9.17) is 11.6 Å². The fourth-order valence-corrected chi connectivity index (χ4v) is 2.68. The van der Waals surface area contributed by atoms with Gasteiger partial charge in [0.25, 0.3) is 11.6 Å². The van der Waals surface area contributed by atoms with Crippen molar-refractivity contribution in [2.24, 2.45) is 7.05 Å². The van der Waals surface area contributed by atoms with Crippen LogP contribution in [0, 0.1) is 10.1 Å². The van der Waals surface area contributed by atoms with Crippen LogP contribution in [-0.4, -0.2) is 25.6 Å². The summed E-state index contributed by atoms with van der Waals surface area (Å²) in [5, 5.41) is 18.0. The lowest BCUT2D eigenvalue weighted by atomic mass is 10.1. The highest BCUT2D eigenvalue weighted by atomic mass is 35.5. The average molecular weight is 372 g/mol. The number of pyridine rings is 1. The van der Waals surface area contributed by atoms with Crippen molar-refractivity contribution in [2.45, 2.75) is 6.54 Å². The third kappa shape index (κ3) is 3.70. The molecule has 26 heavy (non-hydrogen) atoms. The minimum absolute atomic E-state index is 0.0474. The normalized spacial score (nSPS) is 10.5. The number of halogens is 1. The van der Waals surface area contributed by atoms with Crippen molar-refractivity contribution in [1.29, 1.82) is 0 Å². The summed E-state index contributed by atoms with van der Waals surface area (Å²) in [7, 11) is 1.80. The predicted octanol–water partition coefficient (Wildman–Crippen LogP) is 2.97. The van der Waals surface area contributed by atoms with Gasteiger partial charge in [-0.25, -0.2) is 0 Å². The van der Waals surface area contributed by atoms with Crippen molar-refractivity contribution in [3.05, 3.63) is 75.2 Å². The molecule has 0 fully saturated rings. The molecule has 0 aliphatic carbocycles. The zero-order valence-corrected chi connectivity index (χ0v) is 14.5. The molecule has 2 aromatic heterocycles. The summed E-state index contributed by atoms with van der Waals surface area (Å²) >= 11 is 5.98. The van der Waals surface area contributed by atoms with Crippen LogP contribution in [0.2, 0.25) is 5.02 Å². The van der Waals surface area contributed by atoms with Crippen molar-refractivity contribution in [2.75, 3.05) is 0 Å². The molecular weight excluding hydrogens is 358 g/mol. The molecule has 8 nitrogen and oxygen atoms in total. The number of aryl methyl sites for hydroxylation is 1.